The van der Waals surface area contributed by atoms with Crippen molar-refractivity contribution >= 4 is 11.7 Å². The van der Waals surface area contributed by atoms with Crippen molar-refractivity contribution in [1.82, 2.24) is 4.90 Å². The van der Waals surface area contributed by atoms with Gasteiger partial charge < -0.3 is 10.2 Å². The molecule has 0 spiro atoms. The van der Waals surface area contributed by atoms with E-state index in [4.69, 9.17) is 0 Å². The highest BCUT2D eigenvalue weighted by Gasteiger charge is 2.22. The summed E-state index contributed by atoms with van der Waals surface area (Å²) in [6.07, 6.45) is 2.62. The minimum atomic E-state index is -0.0887. The van der Waals surface area contributed by atoms with Crippen molar-refractivity contribution in [3.63, 3.8) is 0 Å². The Morgan fingerprint density at radius 2 is 1.87 bits per heavy atom. The quantitative estimate of drug-likeness (QED) is 0.789. The Morgan fingerprint density at radius 1 is 1.27 bits per heavy atom. The molecule has 1 aliphatic rings. The molecule has 3 heteroatoms. The Bertz CT molecular complexity index is 352. The minimum absolute atomic E-state index is 0.0887. The highest BCUT2D eigenvalue weighted by molar-refractivity contribution is 5.88. The van der Waals surface area contributed by atoms with Gasteiger partial charge in [-0.2, -0.15) is 0 Å². The van der Waals surface area contributed by atoms with Crippen LogP contribution in [0.3, 0.4) is 0 Å². The first kappa shape index (κ1) is 10.0. The van der Waals surface area contributed by atoms with Gasteiger partial charge in [0.2, 0.25) is 0 Å². The van der Waals surface area contributed by atoms with E-state index in [1.807, 2.05) is 12.1 Å². The molecular formula is C12H16N2O. The lowest BCUT2D eigenvalue weighted by molar-refractivity contribution is 0.230. The van der Waals surface area contributed by atoms with Crippen molar-refractivity contribution in [3.8, 4) is 0 Å². The molecule has 0 heterocycles. The molecule has 80 valence electrons. The second kappa shape index (κ2) is 3.93. The molecular weight excluding hydrogens is 188 g/mol. The highest BCUT2D eigenvalue weighted by atomic mass is 16.2. The lowest BCUT2D eigenvalue weighted by Gasteiger charge is -2.12. The second-order valence-corrected chi connectivity index (χ2v) is 4.22. The molecule has 0 bridgehead atoms. The summed E-state index contributed by atoms with van der Waals surface area (Å²) in [5.74, 6) is 0.767. The first-order valence-corrected chi connectivity index (χ1v) is 5.25. The standard InChI is InChI=1S/C12H16N2O/c1-14(2)12(15)13-11-7-5-10(6-8-11)9-3-4-9/h5-9H,3-4H2,1-2H3,(H,13,15). The summed E-state index contributed by atoms with van der Waals surface area (Å²) in [5.41, 5.74) is 2.25. The third kappa shape index (κ3) is 2.49. The van der Waals surface area contributed by atoms with Gasteiger partial charge in [0, 0.05) is 19.8 Å². The molecule has 0 saturated heterocycles. The fourth-order valence-electron chi connectivity index (χ4n) is 1.49. The number of hydrogen-bond donors (Lipinski definition) is 1. The number of hydrogen-bond acceptors (Lipinski definition) is 1. The minimum Gasteiger partial charge on any atom is -0.331 e. The molecule has 0 atom stereocenters. The van der Waals surface area contributed by atoms with Crippen LogP contribution in [0.4, 0.5) is 10.5 Å². The SMILES string of the molecule is CN(C)C(=O)Nc1ccc(C2CC2)cc1. The van der Waals surface area contributed by atoms with Gasteiger partial charge in [-0.05, 0) is 36.5 Å². The molecule has 1 fully saturated rings. The van der Waals surface area contributed by atoms with E-state index in [1.54, 1.807) is 14.1 Å². The highest BCUT2D eigenvalue weighted by Crippen LogP contribution is 2.40. The largest absolute Gasteiger partial charge is 0.331 e. The number of urea groups is 1. The average molecular weight is 204 g/mol. The van der Waals surface area contributed by atoms with Crippen LogP contribution in [-0.4, -0.2) is 25.0 Å². The van der Waals surface area contributed by atoms with Crippen molar-refractivity contribution in [3.05, 3.63) is 29.8 Å². The van der Waals surface area contributed by atoms with Gasteiger partial charge in [0.25, 0.3) is 0 Å². The zero-order valence-corrected chi connectivity index (χ0v) is 9.16. The van der Waals surface area contributed by atoms with E-state index in [0.717, 1.165) is 11.6 Å². The number of carbonyl (C=O) groups excluding carboxylic acids is 1. The van der Waals surface area contributed by atoms with Crippen LogP contribution in [0, 0.1) is 0 Å². The number of benzene rings is 1. The number of rotatable bonds is 2. The van der Waals surface area contributed by atoms with Gasteiger partial charge in [-0.15, -0.1) is 0 Å². The summed E-state index contributed by atoms with van der Waals surface area (Å²) in [6.45, 7) is 0. The zero-order valence-electron chi connectivity index (χ0n) is 9.16. The molecule has 1 aromatic rings. The molecule has 1 saturated carbocycles. The Balaban J connectivity index is 2.00. The summed E-state index contributed by atoms with van der Waals surface area (Å²) >= 11 is 0. The third-order valence-corrected chi connectivity index (χ3v) is 2.62. The molecule has 0 aromatic heterocycles. The maximum absolute atomic E-state index is 11.4. The second-order valence-electron chi connectivity index (χ2n) is 4.22. The number of anilines is 1. The van der Waals surface area contributed by atoms with Gasteiger partial charge in [0.1, 0.15) is 0 Å². The van der Waals surface area contributed by atoms with Crippen LogP contribution in [0.15, 0.2) is 24.3 Å². The lowest BCUT2D eigenvalue weighted by atomic mass is 10.1. The van der Waals surface area contributed by atoms with Crippen LogP contribution < -0.4 is 5.32 Å². The van der Waals surface area contributed by atoms with E-state index in [0.29, 0.717) is 0 Å². The van der Waals surface area contributed by atoms with Crippen LogP contribution in [0.1, 0.15) is 24.3 Å². The van der Waals surface area contributed by atoms with Crippen LogP contribution >= 0.6 is 0 Å². The Labute approximate surface area is 90.1 Å². The van der Waals surface area contributed by atoms with Crippen LogP contribution in [0.25, 0.3) is 0 Å². The number of amides is 2. The molecule has 0 aliphatic heterocycles. The van der Waals surface area contributed by atoms with E-state index in [9.17, 15) is 4.79 Å². The van der Waals surface area contributed by atoms with Crippen molar-refractivity contribution in [2.24, 2.45) is 0 Å². The summed E-state index contributed by atoms with van der Waals surface area (Å²) < 4.78 is 0. The van der Waals surface area contributed by atoms with Crippen molar-refractivity contribution in [2.45, 2.75) is 18.8 Å². The monoisotopic (exact) mass is 204 g/mol. The topological polar surface area (TPSA) is 32.3 Å². The number of nitrogens with one attached hydrogen (secondary N) is 1. The molecule has 3 nitrogen and oxygen atoms in total. The van der Waals surface area contributed by atoms with Crippen LogP contribution in [0.2, 0.25) is 0 Å². The van der Waals surface area contributed by atoms with Crippen molar-refractivity contribution in [2.75, 3.05) is 19.4 Å². The van der Waals surface area contributed by atoms with Crippen molar-refractivity contribution < 1.29 is 4.79 Å². The van der Waals surface area contributed by atoms with Gasteiger partial charge in [-0.25, -0.2) is 4.79 Å². The predicted octanol–water partition coefficient (Wildman–Crippen LogP) is 2.66. The Kier molecular flexibility index (Phi) is 2.62. The zero-order chi connectivity index (χ0) is 10.8. The van der Waals surface area contributed by atoms with E-state index in [-0.39, 0.29) is 6.03 Å². The number of carbonyl (C=O) groups is 1. The summed E-state index contributed by atoms with van der Waals surface area (Å²) in [6, 6.07) is 8.05. The normalized spacial score (nSPS) is 14.8. The Hall–Kier alpha value is -1.51. The van der Waals surface area contributed by atoms with Gasteiger partial charge in [0.05, 0.1) is 0 Å². The molecule has 2 rings (SSSR count). The molecule has 0 unspecified atom stereocenters. The predicted molar refractivity (Wildman–Crippen MR) is 61.1 cm³/mol. The maximum atomic E-state index is 11.4. The molecule has 2 amide bonds. The van der Waals surface area contributed by atoms with Gasteiger partial charge in [-0.3, -0.25) is 0 Å². The summed E-state index contributed by atoms with van der Waals surface area (Å²) in [5, 5.41) is 2.81. The van der Waals surface area contributed by atoms with Gasteiger partial charge in [-0.1, -0.05) is 12.1 Å². The fourth-order valence-corrected chi connectivity index (χ4v) is 1.49. The average Bonchev–Trinajstić information content (AvgIpc) is 3.02. The summed E-state index contributed by atoms with van der Waals surface area (Å²) in [4.78, 5) is 12.9. The number of nitrogens with zero attached hydrogens (tertiary/aromatic N) is 1. The van der Waals surface area contributed by atoms with E-state index >= 15 is 0 Å². The lowest BCUT2D eigenvalue weighted by Crippen LogP contribution is -2.27. The summed E-state index contributed by atoms with van der Waals surface area (Å²) in [7, 11) is 3.46. The molecule has 1 aromatic carbocycles. The van der Waals surface area contributed by atoms with Crippen LogP contribution in [0.5, 0.6) is 0 Å². The first-order chi connectivity index (χ1) is 7.16. The van der Waals surface area contributed by atoms with Gasteiger partial charge >= 0.3 is 6.03 Å². The fraction of sp³-hybridized carbons (Fsp3) is 0.417. The Morgan fingerprint density at radius 3 is 2.33 bits per heavy atom. The van der Waals surface area contributed by atoms with E-state index in [2.05, 4.69) is 17.4 Å². The van der Waals surface area contributed by atoms with Crippen LogP contribution in [-0.2, 0) is 0 Å². The van der Waals surface area contributed by atoms with Gasteiger partial charge in [0.15, 0.2) is 0 Å². The van der Waals surface area contributed by atoms with E-state index < -0.39 is 0 Å². The molecule has 1 aliphatic carbocycles. The third-order valence-electron chi connectivity index (χ3n) is 2.62. The molecule has 0 radical (unpaired) electrons. The van der Waals surface area contributed by atoms with E-state index in [1.165, 1.54) is 23.3 Å². The van der Waals surface area contributed by atoms with Crippen molar-refractivity contribution in [1.29, 1.82) is 0 Å². The molecule has 15 heavy (non-hydrogen) atoms. The first-order valence-electron chi connectivity index (χ1n) is 5.25. The maximum Gasteiger partial charge on any atom is 0.321 e. The smallest absolute Gasteiger partial charge is 0.321 e. The molecule has 1 N–H and O–H groups in total.